The number of nitrogens with zero attached hydrogens (tertiary/aromatic N) is 2. The summed E-state index contributed by atoms with van der Waals surface area (Å²) in [5.74, 6) is -0.0869. The lowest BCUT2D eigenvalue weighted by Crippen LogP contribution is -2.39. The topological polar surface area (TPSA) is 56.1 Å². The molecule has 1 N–H and O–H groups in total. The molecule has 2 aromatic rings. The Bertz CT molecular complexity index is 733. The molecule has 2 aromatic carbocycles. The summed E-state index contributed by atoms with van der Waals surface area (Å²) in [5.41, 5.74) is 3.60. The fourth-order valence-corrected chi connectivity index (χ4v) is 2.31. The first-order valence-electron chi connectivity index (χ1n) is 7.57. The van der Waals surface area contributed by atoms with Gasteiger partial charge in [0.25, 0.3) is 0 Å². The van der Waals surface area contributed by atoms with Crippen molar-refractivity contribution in [3.05, 3.63) is 65.2 Å². The predicted octanol–water partition coefficient (Wildman–Crippen LogP) is 3.33. The van der Waals surface area contributed by atoms with Crippen molar-refractivity contribution >= 4 is 11.6 Å². The average Bonchev–Trinajstić information content (AvgIpc) is 2.56. The molecule has 0 aliphatic rings. The van der Waals surface area contributed by atoms with E-state index in [0.717, 1.165) is 0 Å². The van der Waals surface area contributed by atoms with Crippen molar-refractivity contribution in [3.63, 3.8) is 0 Å². The minimum absolute atomic E-state index is 0.0869. The molecule has 0 saturated carbocycles. The number of likely N-dealkylation sites (N-methyl/N-ethyl adjacent to an activating group) is 1. The Kier molecular flexibility index (Phi) is 5.51. The van der Waals surface area contributed by atoms with Crippen LogP contribution in [0.15, 0.2) is 48.5 Å². The second kappa shape index (κ2) is 7.57. The maximum Gasteiger partial charge on any atom is 0.241 e. The van der Waals surface area contributed by atoms with Crippen LogP contribution in [0.4, 0.5) is 5.69 Å². The monoisotopic (exact) mass is 307 g/mol. The summed E-state index contributed by atoms with van der Waals surface area (Å²) in [6.07, 6.45) is 0. The Morgan fingerprint density at radius 2 is 2.00 bits per heavy atom. The number of hydrogen-bond acceptors (Lipinski definition) is 3. The summed E-state index contributed by atoms with van der Waals surface area (Å²) < 4.78 is 0. The number of rotatable bonds is 5. The number of hydrogen-bond donors (Lipinski definition) is 1. The first-order valence-corrected chi connectivity index (χ1v) is 7.57. The zero-order valence-corrected chi connectivity index (χ0v) is 13.7. The molecule has 0 aliphatic heterocycles. The second-order valence-corrected chi connectivity index (χ2v) is 5.70. The Hall–Kier alpha value is -2.64. The number of nitrogens with one attached hydrogen (secondary N) is 1. The van der Waals surface area contributed by atoms with Crippen LogP contribution in [0.2, 0.25) is 0 Å². The number of carbonyl (C=O) groups is 1. The van der Waals surface area contributed by atoms with Gasteiger partial charge in [-0.1, -0.05) is 30.3 Å². The second-order valence-electron chi connectivity index (χ2n) is 5.70. The largest absolute Gasteiger partial charge is 0.325 e. The molecule has 0 aromatic heterocycles. The minimum Gasteiger partial charge on any atom is -0.325 e. The summed E-state index contributed by atoms with van der Waals surface area (Å²) in [7, 11) is 1.93. The zero-order chi connectivity index (χ0) is 16.8. The molecule has 0 saturated heterocycles. The molecular formula is C19H21N3O. The van der Waals surface area contributed by atoms with E-state index in [9.17, 15) is 4.79 Å². The van der Waals surface area contributed by atoms with Gasteiger partial charge in [0, 0.05) is 12.2 Å². The van der Waals surface area contributed by atoms with Gasteiger partial charge in [-0.25, -0.2) is 0 Å². The molecule has 1 amide bonds. The van der Waals surface area contributed by atoms with Crippen molar-refractivity contribution in [1.29, 1.82) is 5.26 Å². The lowest BCUT2D eigenvalue weighted by atomic mass is 10.1. The van der Waals surface area contributed by atoms with Crippen molar-refractivity contribution in [2.24, 2.45) is 0 Å². The van der Waals surface area contributed by atoms with Crippen LogP contribution in [0.5, 0.6) is 0 Å². The van der Waals surface area contributed by atoms with E-state index in [0.29, 0.717) is 17.8 Å². The average molecular weight is 307 g/mol. The van der Waals surface area contributed by atoms with Gasteiger partial charge in [-0.2, -0.15) is 5.26 Å². The van der Waals surface area contributed by atoms with E-state index in [4.69, 9.17) is 5.26 Å². The van der Waals surface area contributed by atoms with Gasteiger partial charge in [0.1, 0.15) is 0 Å². The molecule has 0 heterocycles. The minimum atomic E-state index is -0.277. The third-order valence-electron chi connectivity index (χ3n) is 3.98. The lowest BCUT2D eigenvalue weighted by molar-refractivity contribution is -0.120. The van der Waals surface area contributed by atoms with Crippen molar-refractivity contribution in [2.45, 2.75) is 26.4 Å². The SMILES string of the molecule is Cc1ccccc1CN(C)[C@H](C)C(=O)Nc1cccc(C#N)c1. The van der Waals surface area contributed by atoms with E-state index in [-0.39, 0.29) is 11.9 Å². The predicted molar refractivity (Wildman–Crippen MR) is 91.9 cm³/mol. The molecule has 1 atom stereocenters. The van der Waals surface area contributed by atoms with Crippen molar-refractivity contribution in [1.82, 2.24) is 4.90 Å². The summed E-state index contributed by atoms with van der Waals surface area (Å²) in [6, 6.07) is 16.9. The van der Waals surface area contributed by atoms with Gasteiger partial charge < -0.3 is 5.32 Å². The maximum atomic E-state index is 12.4. The number of carbonyl (C=O) groups excluding carboxylic acids is 1. The first kappa shape index (κ1) is 16.7. The normalized spacial score (nSPS) is 11.8. The number of nitriles is 1. The third kappa shape index (κ3) is 4.41. The highest BCUT2D eigenvalue weighted by Gasteiger charge is 2.18. The van der Waals surface area contributed by atoms with Gasteiger partial charge in [0.15, 0.2) is 0 Å². The highest BCUT2D eigenvalue weighted by atomic mass is 16.2. The van der Waals surface area contributed by atoms with Crippen LogP contribution in [0.25, 0.3) is 0 Å². The molecule has 0 bridgehead atoms. The molecular weight excluding hydrogens is 286 g/mol. The molecule has 0 radical (unpaired) electrons. The van der Waals surface area contributed by atoms with E-state index in [1.807, 2.05) is 31.0 Å². The summed E-state index contributed by atoms with van der Waals surface area (Å²) in [4.78, 5) is 14.4. The maximum absolute atomic E-state index is 12.4. The quantitative estimate of drug-likeness (QED) is 0.922. The highest BCUT2D eigenvalue weighted by Crippen LogP contribution is 2.14. The molecule has 4 nitrogen and oxygen atoms in total. The van der Waals surface area contributed by atoms with Crippen molar-refractivity contribution in [2.75, 3.05) is 12.4 Å². The van der Waals surface area contributed by atoms with E-state index < -0.39 is 0 Å². The molecule has 2 rings (SSSR count). The summed E-state index contributed by atoms with van der Waals surface area (Å²) >= 11 is 0. The van der Waals surface area contributed by atoms with E-state index in [2.05, 4.69) is 30.4 Å². The standard InChI is InChI=1S/C19H21N3O/c1-14-7-4-5-9-17(14)13-22(3)15(2)19(23)21-18-10-6-8-16(11-18)12-20/h4-11,15H,13H2,1-3H3,(H,21,23)/t15-/m1/s1. The number of anilines is 1. The first-order chi connectivity index (χ1) is 11.0. The number of aryl methyl sites for hydroxylation is 1. The van der Waals surface area contributed by atoms with Crippen LogP contribution in [-0.2, 0) is 11.3 Å². The fourth-order valence-electron chi connectivity index (χ4n) is 2.31. The van der Waals surface area contributed by atoms with Gasteiger partial charge >= 0.3 is 0 Å². The highest BCUT2D eigenvalue weighted by molar-refractivity contribution is 5.94. The van der Waals surface area contributed by atoms with Crippen LogP contribution in [-0.4, -0.2) is 23.9 Å². The van der Waals surface area contributed by atoms with E-state index >= 15 is 0 Å². The molecule has 4 heteroatoms. The van der Waals surface area contributed by atoms with Gasteiger partial charge in [0.05, 0.1) is 17.7 Å². The number of benzene rings is 2. The van der Waals surface area contributed by atoms with Crippen LogP contribution < -0.4 is 5.32 Å². The molecule has 118 valence electrons. The molecule has 0 fully saturated rings. The Balaban J connectivity index is 2.01. The van der Waals surface area contributed by atoms with Crippen molar-refractivity contribution in [3.8, 4) is 6.07 Å². The van der Waals surface area contributed by atoms with Crippen molar-refractivity contribution < 1.29 is 4.79 Å². The molecule has 23 heavy (non-hydrogen) atoms. The third-order valence-corrected chi connectivity index (χ3v) is 3.98. The molecule has 0 spiro atoms. The van der Waals surface area contributed by atoms with Gasteiger partial charge in [-0.15, -0.1) is 0 Å². The van der Waals surface area contributed by atoms with Gasteiger partial charge in [-0.05, 0) is 50.2 Å². The van der Waals surface area contributed by atoms with Crippen LogP contribution in [0, 0.1) is 18.3 Å². The van der Waals surface area contributed by atoms with Crippen LogP contribution >= 0.6 is 0 Å². The molecule has 0 unspecified atom stereocenters. The Morgan fingerprint density at radius 3 is 2.70 bits per heavy atom. The van der Waals surface area contributed by atoms with Gasteiger partial charge in [-0.3, -0.25) is 9.69 Å². The smallest absolute Gasteiger partial charge is 0.241 e. The Morgan fingerprint density at radius 1 is 1.26 bits per heavy atom. The lowest BCUT2D eigenvalue weighted by Gasteiger charge is -2.24. The summed E-state index contributed by atoms with van der Waals surface area (Å²) in [5, 5.41) is 11.8. The van der Waals surface area contributed by atoms with E-state index in [1.54, 1.807) is 24.3 Å². The fraction of sp³-hybridized carbons (Fsp3) is 0.263. The van der Waals surface area contributed by atoms with Crippen LogP contribution in [0.3, 0.4) is 0 Å². The Labute approximate surface area is 137 Å². The number of amides is 1. The van der Waals surface area contributed by atoms with Gasteiger partial charge in [0.2, 0.25) is 5.91 Å². The zero-order valence-electron chi connectivity index (χ0n) is 13.7. The van der Waals surface area contributed by atoms with E-state index in [1.165, 1.54) is 11.1 Å². The summed E-state index contributed by atoms with van der Waals surface area (Å²) in [6.45, 7) is 4.66. The van der Waals surface area contributed by atoms with Crippen LogP contribution in [0.1, 0.15) is 23.6 Å². The molecule has 0 aliphatic carbocycles.